The Morgan fingerprint density at radius 3 is 2.30 bits per heavy atom. The van der Waals surface area contributed by atoms with Gasteiger partial charge in [-0.25, -0.2) is 0 Å². The molecule has 0 heterocycles. The van der Waals surface area contributed by atoms with Gasteiger partial charge in [0.05, 0.1) is 0 Å². The van der Waals surface area contributed by atoms with Crippen LogP contribution in [0.15, 0.2) is 42.5 Å². The minimum Gasteiger partial charge on any atom is -0.341 e. The zero-order chi connectivity index (χ0) is 16.5. The Balaban J connectivity index is 1.83. The molecule has 0 aromatic heterocycles. The monoisotopic (exact) mass is 312 g/mol. The third-order valence-electron chi connectivity index (χ3n) is 4.20. The van der Waals surface area contributed by atoms with E-state index in [1.54, 1.807) is 0 Å². The summed E-state index contributed by atoms with van der Waals surface area (Å²) in [4.78, 5) is 15.5. The van der Waals surface area contributed by atoms with Crippen molar-refractivity contribution < 1.29 is 4.79 Å². The van der Waals surface area contributed by atoms with Gasteiger partial charge in [-0.2, -0.15) is 0 Å². The molecule has 0 unspecified atom stereocenters. The Bertz CT molecular complexity index is 604. The van der Waals surface area contributed by atoms with Crippen LogP contribution in [-0.2, 0) is 11.3 Å². The van der Waals surface area contributed by atoms with E-state index in [0.29, 0.717) is 6.54 Å². The minimum absolute atomic E-state index is 0.697. The fourth-order valence-corrected chi connectivity index (χ4v) is 2.91. The van der Waals surface area contributed by atoms with Crippen molar-refractivity contribution in [2.24, 2.45) is 0 Å². The van der Waals surface area contributed by atoms with Crippen molar-refractivity contribution in [3.8, 4) is 0 Å². The summed E-state index contributed by atoms with van der Waals surface area (Å²) in [5.74, 6) is 0. The van der Waals surface area contributed by atoms with E-state index in [1.807, 2.05) is 4.90 Å². The Morgan fingerprint density at radius 1 is 0.870 bits per heavy atom. The zero-order valence-corrected chi connectivity index (χ0v) is 14.4. The van der Waals surface area contributed by atoms with Gasteiger partial charge in [0.2, 0.25) is 6.41 Å². The average Bonchev–Trinajstić information content (AvgIpc) is 2.56. The Kier molecular flexibility index (Phi) is 7.08. The Labute approximate surface area is 139 Å². The number of carbonyl (C=O) groups is 1. The molecule has 0 aliphatic rings. The first kappa shape index (κ1) is 17.5. The molecule has 2 aromatic carbocycles. The van der Waals surface area contributed by atoms with Crippen LogP contribution >= 0.6 is 0 Å². The van der Waals surface area contributed by atoms with Crippen LogP contribution in [0.4, 0.5) is 0 Å². The molecule has 0 bridgehead atoms. The maximum atomic E-state index is 11.4. The molecular weight excluding hydrogens is 284 g/mol. The lowest BCUT2D eigenvalue weighted by molar-refractivity contribution is -0.118. The number of fused-ring (bicyclic) bond motifs is 1. The molecule has 0 N–H and O–H groups in total. The first-order valence-electron chi connectivity index (χ1n) is 8.51. The van der Waals surface area contributed by atoms with Crippen LogP contribution in [0.25, 0.3) is 10.8 Å². The SMILES string of the molecule is CN(C)CCCCCCN(C=O)Cc1cccc2ccccc12. The van der Waals surface area contributed by atoms with E-state index in [-0.39, 0.29) is 0 Å². The van der Waals surface area contributed by atoms with Gasteiger partial charge >= 0.3 is 0 Å². The molecule has 3 nitrogen and oxygen atoms in total. The highest BCUT2D eigenvalue weighted by Gasteiger charge is 2.06. The summed E-state index contributed by atoms with van der Waals surface area (Å²) in [7, 11) is 4.22. The third-order valence-corrected chi connectivity index (χ3v) is 4.20. The molecule has 0 saturated carbocycles. The van der Waals surface area contributed by atoms with Crippen LogP contribution in [0.3, 0.4) is 0 Å². The lowest BCUT2D eigenvalue weighted by Crippen LogP contribution is -2.22. The van der Waals surface area contributed by atoms with Gasteiger partial charge < -0.3 is 9.80 Å². The zero-order valence-electron chi connectivity index (χ0n) is 14.4. The largest absolute Gasteiger partial charge is 0.341 e. The van der Waals surface area contributed by atoms with Crippen molar-refractivity contribution in [3.63, 3.8) is 0 Å². The summed E-state index contributed by atoms with van der Waals surface area (Å²) in [6.07, 6.45) is 5.73. The van der Waals surface area contributed by atoms with Crippen molar-refractivity contribution in [2.45, 2.75) is 32.2 Å². The summed E-state index contributed by atoms with van der Waals surface area (Å²) in [6, 6.07) is 14.7. The smallest absolute Gasteiger partial charge is 0.210 e. The number of nitrogens with zero attached hydrogens (tertiary/aromatic N) is 2. The molecule has 0 aliphatic heterocycles. The van der Waals surface area contributed by atoms with Gasteiger partial charge in [-0.05, 0) is 49.8 Å². The standard InChI is InChI=1S/C20H28N2O/c1-21(2)14-7-3-4-8-15-22(17-23)16-19-12-9-11-18-10-5-6-13-20(18)19/h5-6,9-13,17H,3-4,7-8,14-16H2,1-2H3. The van der Waals surface area contributed by atoms with E-state index < -0.39 is 0 Å². The highest BCUT2D eigenvalue weighted by atomic mass is 16.1. The van der Waals surface area contributed by atoms with Crippen LogP contribution in [0.5, 0.6) is 0 Å². The van der Waals surface area contributed by atoms with Crippen LogP contribution in [-0.4, -0.2) is 43.4 Å². The molecule has 0 spiro atoms. The molecule has 0 fully saturated rings. The van der Waals surface area contributed by atoms with E-state index in [1.165, 1.54) is 35.6 Å². The van der Waals surface area contributed by atoms with Crippen LogP contribution in [0.2, 0.25) is 0 Å². The molecule has 3 heteroatoms. The van der Waals surface area contributed by atoms with E-state index in [2.05, 4.69) is 61.5 Å². The van der Waals surface area contributed by atoms with Crippen molar-refractivity contribution in [1.82, 2.24) is 9.80 Å². The van der Waals surface area contributed by atoms with E-state index in [4.69, 9.17) is 0 Å². The Morgan fingerprint density at radius 2 is 1.57 bits per heavy atom. The summed E-state index contributed by atoms with van der Waals surface area (Å²) >= 11 is 0. The molecule has 0 aliphatic carbocycles. The summed E-state index contributed by atoms with van der Waals surface area (Å²) in [5, 5.41) is 2.48. The second kappa shape index (κ2) is 9.31. The number of hydrogen-bond donors (Lipinski definition) is 0. The average molecular weight is 312 g/mol. The third kappa shape index (κ3) is 5.68. The summed E-state index contributed by atoms with van der Waals surface area (Å²) in [6.45, 7) is 2.69. The van der Waals surface area contributed by atoms with E-state index in [0.717, 1.165) is 25.9 Å². The lowest BCUT2D eigenvalue weighted by Gasteiger charge is -2.18. The first-order valence-corrected chi connectivity index (χ1v) is 8.51. The molecule has 2 aromatic rings. The quantitative estimate of drug-likeness (QED) is 0.490. The molecular formula is C20H28N2O. The molecule has 0 saturated heterocycles. The topological polar surface area (TPSA) is 23.6 Å². The Hall–Kier alpha value is -1.87. The predicted octanol–water partition coefficient (Wildman–Crippen LogP) is 3.92. The normalized spacial score (nSPS) is 11.1. The number of benzene rings is 2. The van der Waals surface area contributed by atoms with Crippen molar-refractivity contribution >= 4 is 17.2 Å². The molecule has 2 rings (SSSR count). The van der Waals surface area contributed by atoms with Crippen molar-refractivity contribution in [3.05, 3.63) is 48.0 Å². The van der Waals surface area contributed by atoms with Gasteiger partial charge in [-0.1, -0.05) is 55.3 Å². The molecule has 23 heavy (non-hydrogen) atoms. The maximum Gasteiger partial charge on any atom is 0.210 e. The van der Waals surface area contributed by atoms with Gasteiger partial charge in [-0.15, -0.1) is 0 Å². The number of amides is 1. The fraction of sp³-hybridized carbons (Fsp3) is 0.450. The minimum atomic E-state index is 0.697. The molecule has 0 atom stereocenters. The fourth-order valence-electron chi connectivity index (χ4n) is 2.91. The summed E-state index contributed by atoms with van der Waals surface area (Å²) in [5.41, 5.74) is 1.22. The molecule has 1 amide bonds. The van der Waals surface area contributed by atoms with Gasteiger partial charge in [-0.3, -0.25) is 4.79 Å². The number of carbonyl (C=O) groups excluding carboxylic acids is 1. The van der Waals surface area contributed by atoms with E-state index >= 15 is 0 Å². The van der Waals surface area contributed by atoms with Gasteiger partial charge in [0.1, 0.15) is 0 Å². The lowest BCUT2D eigenvalue weighted by atomic mass is 10.0. The second-order valence-electron chi connectivity index (χ2n) is 6.43. The van der Waals surface area contributed by atoms with Gasteiger partial charge in [0.25, 0.3) is 0 Å². The highest BCUT2D eigenvalue weighted by Crippen LogP contribution is 2.19. The maximum absolute atomic E-state index is 11.4. The molecule has 0 radical (unpaired) electrons. The predicted molar refractivity (Wildman–Crippen MR) is 97.4 cm³/mol. The number of unbranched alkanes of at least 4 members (excludes halogenated alkanes) is 3. The van der Waals surface area contributed by atoms with Crippen LogP contribution < -0.4 is 0 Å². The van der Waals surface area contributed by atoms with Crippen LogP contribution in [0, 0.1) is 0 Å². The summed E-state index contributed by atoms with van der Waals surface area (Å²) < 4.78 is 0. The second-order valence-corrected chi connectivity index (χ2v) is 6.43. The highest BCUT2D eigenvalue weighted by molar-refractivity contribution is 5.85. The number of hydrogen-bond acceptors (Lipinski definition) is 2. The van der Waals surface area contributed by atoms with Gasteiger partial charge in [0.15, 0.2) is 0 Å². The van der Waals surface area contributed by atoms with Gasteiger partial charge in [0, 0.05) is 13.1 Å². The van der Waals surface area contributed by atoms with Crippen molar-refractivity contribution in [2.75, 3.05) is 27.2 Å². The number of rotatable bonds is 10. The van der Waals surface area contributed by atoms with Crippen LogP contribution in [0.1, 0.15) is 31.2 Å². The molecule has 124 valence electrons. The van der Waals surface area contributed by atoms with E-state index in [9.17, 15) is 4.79 Å². The van der Waals surface area contributed by atoms with Crippen molar-refractivity contribution in [1.29, 1.82) is 0 Å². The first-order chi connectivity index (χ1) is 11.2.